The molecule has 2 N–H and O–H groups in total. The summed E-state index contributed by atoms with van der Waals surface area (Å²) >= 11 is 12.5. The van der Waals surface area contributed by atoms with Gasteiger partial charge in [0.15, 0.2) is 0 Å². The molecular weight excluding hydrogens is 429 g/mol. The van der Waals surface area contributed by atoms with E-state index in [1.807, 2.05) is 54.6 Å². The molecule has 0 spiro atoms. The molecule has 0 saturated heterocycles. The highest BCUT2D eigenvalue weighted by atomic mass is 35.5. The number of halogens is 2. The molecule has 0 fully saturated rings. The van der Waals surface area contributed by atoms with Crippen LogP contribution in [-0.2, 0) is 4.74 Å². The zero-order chi connectivity index (χ0) is 22.1. The van der Waals surface area contributed by atoms with E-state index in [2.05, 4.69) is 24.8 Å². The third-order valence-electron chi connectivity index (χ3n) is 5.72. The Hall–Kier alpha value is -2.71. The number of benzene rings is 2. The van der Waals surface area contributed by atoms with E-state index in [1.54, 1.807) is 0 Å². The Labute approximate surface area is 192 Å². The Morgan fingerprint density at radius 2 is 1.81 bits per heavy atom. The lowest BCUT2D eigenvalue weighted by atomic mass is 9.82. The molecule has 0 aromatic heterocycles. The standard InChI is InChI=1S/C25H23Cl2N3O/c1-15(2)30-13-18(16-5-3-7-19(26)9-16)11-23-22(14-30)24(21(12-28)25(29)31-23)17-6-4-8-20(27)10-17/h3-11,15,24H,13-14,29H2,1-2H3. The van der Waals surface area contributed by atoms with E-state index in [4.69, 9.17) is 33.7 Å². The number of rotatable bonds is 3. The van der Waals surface area contributed by atoms with Crippen molar-refractivity contribution in [1.82, 2.24) is 4.90 Å². The normalized spacial score (nSPS) is 19.5. The Morgan fingerprint density at radius 3 is 2.45 bits per heavy atom. The van der Waals surface area contributed by atoms with Crippen molar-refractivity contribution in [2.45, 2.75) is 25.8 Å². The van der Waals surface area contributed by atoms with Gasteiger partial charge in [-0.25, -0.2) is 0 Å². The first-order valence-corrected chi connectivity index (χ1v) is 10.9. The smallest absolute Gasteiger partial charge is 0.205 e. The lowest BCUT2D eigenvalue weighted by Gasteiger charge is -2.32. The van der Waals surface area contributed by atoms with E-state index in [0.29, 0.717) is 27.9 Å². The molecule has 0 bridgehead atoms. The van der Waals surface area contributed by atoms with Crippen LogP contribution in [0.4, 0.5) is 0 Å². The molecule has 0 radical (unpaired) electrons. The quantitative estimate of drug-likeness (QED) is 0.634. The summed E-state index contributed by atoms with van der Waals surface area (Å²) in [6.07, 6.45) is 2.03. The van der Waals surface area contributed by atoms with Crippen molar-refractivity contribution in [3.05, 3.63) is 98.6 Å². The van der Waals surface area contributed by atoms with E-state index >= 15 is 0 Å². The molecule has 2 aliphatic heterocycles. The second-order valence-electron chi connectivity index (χ2n) is 8.05. The van der Waals surface area contributed by atoms with Gasteiger partial charge in [-0.05, 0) is 66.5 Å². The summed E-state index contributed by atoms with van der Waals surface area (Å²) in [5, 5.41) is 11.2. The molecule has 2 aromatic rings. The minimum atomic E-state index is -0.316. The van der Waals surface area contributed by atoms with Crippen LogP contribution in [0.2, 0.25) is 10.0 Å². The molecule has 4 nitrogen and oxygen atoms in total. The lowest BCUT2D eigenvalue weighted by Crippen LogP contribution is -2.35. The topological polar surface area (TPSA) is 62.3 Å². The van der Waals surface area contributed by atoms with Crippen LogP contribution >= 0.6 is 23.2 Å². The molecule has 6 heteroatoms. The maximum atomic E-state index is 9.89. The van der Waals surface area contributed by atoms with Crippen molar-refractivity contribution in [3.8, 4) is 6.07 Å². The van der Waals surface area contributed by atoms with E-state index in [0.717, 1.165) is 28.8 Å². The summed E-state index contributed by atoms with van der Waals surface area (Å²) in [6.45, 7) is 5.69. The second kappa shape index (κ2) is 8.80. The summed E-state index contributed by atoms with van der Waals surface area (Å²) in [6, 6.07) is 17.9. The predicted molar refractivity (Wildman–Crippen MR) is 125 cm³/mol. The number of nitrogens with two attached hydrogens (primary N) is 1. The summed E-state index contributed by atoms with van der Waals surface area (Å²) in [7, 11) is 0. The number of ether oxygens (including phenoxy) is 1. The first-order chi connectivity index (χ1) is 14.9. The molecule has 1 unspecified atom stereocenters. The summed E-state index contributed by atoms with van der Waals surface area (Å²) < 4.78 is 6.01. The average molecular weight is 452 g/mol. The predicted octanol–water partition coefficient (Wildman–Crippen LogP) is 5.86. The van der Waals surface area contributed by atoms with Gasteiger partial charge in [0.05, 0.1) is 5.92 Å². The fraction of sp³-hybridized carbons (Fsp3) is 0.240. The molecular formula is C25H23Cl2N3O. The second-order valence-corrected chi connectivity index (χ2v) is 8.92. The first kappa shape index (κ1) is 21.5. The molecule has 0 amide bonds. The maximum absolute atomic E-state index is 9.89. The van der Waals surface area contributed by atoms with Crippen LogP contribution in [0.3, 0.4) is 0 Å². The molecule has 4 rings (SSSR count). The van der Waals surface area contributed by atoms with Crippen molar-refractivity contribution >= 4 is 28.8 Å². The van der Waals surface area contributed by atoms with Gasteiger partial charge in [0.2, 0.25) is 5.88 Å². The first-order valence-electron chi connectivity index (χ1n) is 10.1. The maximum Gasteiger partial charge on any atom is 0.205 e. The van der Waals surface area contributed by atoms with Crippen LogP contribution in [0.1, 0.15) is 30.9 Å². The minimum absolute atomic E-state index is 0.130. The number of nitrogens with zero attached hydrogens (tertiary/aromatic N) is 2. The van der Waals surface area contributed by atoms with E-state index < -0.39 is 0 Å². The van der Waals surface area contributed by atoms with Crippen molar-refractivity contribution < 1.29 is 4.74 Å². The van der Waals surface area contributed by atoms with Crippen molar-refractivity contribution in [2.75, 3.05) is 13.1 Å². The van der Waals surface area contributed by atoms with Crippen LogP contribution < -0.4 is 5.73 Å². The molecule has 1 atom stereocenters. The SMILES string of the molecule is CC(C)N1CC(c2cccc(Cl)c2)=CC2=C(C1)C(c1cccc(Cl)c1)C(C#N)=C(N)O2. The van der Waals surface area contributed by atoms with Gasteiger partial charge < -0.3 is 10.5 Å². The fourth-order valence-electron chi connectivity index (χ4n) is 4.09. The van der Waals surface area contributed by atoms with Gasteiger partial charge in [0.1, 0.15) is 17.4 Å². The Bertz CT molecular complexity index is 1160. The molecule has 0 aliphatic carbocycles. The highest BCUT2D eigenvalue weighted by Crippen LogP contribution is 2.42. The molecule has 2 aliphatic rings. The van der Waals surface area contributed by atoms with Crippen molar-refractivity contribution in [2.24, 2.45) is 5.73 Å². The van der Waals surface area contributed by atoms with Crippen LogP contribution in [0, 0.1) is 11.3 Å². The van der Waals surface area contributed by atoms with Gasteiger partial charge in [-0.1, -0.05) is 47.5 Å². The van der Waals surface area contributed by atoms with E-state index in [9.17, 15) is 5.26 Å². The molecule has 31 heavy (non-hydrogen) atoms. The monoisotopic (exact) mass is 451 g/mol. The highest BCUT2D eigenvalue weighted by Gasteiger charge is 2.35. The van der Waals surface area contributed by atoms with Gasteiger partial charge in [-0.15, -0.1) is 0 Å². The summed E-state index contributed by atoms with van der Waals surface area (Å²) in [4.78, 5) is 2.35. The van der Waals surface area contributed by atoms with Crippen LogP contribution in [-0.4, -0.2) is 24.0 Å². The van der Waals surface area contributed by atoms with Gasteiger partial charge in [0, 0.05) is 29.2 Å². The molecule has 2 heterocycles. The van der Waals surface area contributed by atoms with E-state index in [-0.39, 0.29) is 17.8 Å². The zero-order valence-corrected chi connectivity index (χ0v) is 18.9. The van der Waals surface area contributed by atoms with Crippen LogP contribution in [0.15, 0.2) is 77.4 Å². The lowest BCUT2D eigenvalue weighted by molar-refractivity contribution is 0.252. The van der Waals surface area contributed by atoms with Crippen LogP contribution in [0.25, 0.3) is 5.57 Å². The minimum Gasteiger partial charge on any atom is -0.440 e. The molecule has 0 saturated carbocycles. The van der Waals surface area contributed by atoms with Gasteiger partial charge in [-0.2, -0.15) is 5.26 Å². The number of nitriles is 1. The molecule has 158 valence electrons. The largest absolute Gasteiger partial charge is 0.440 e. The van der Waals surface area contributed by atoms with E-state index in [1.165, 1.54) is 0 Å². The van der Waals surface area contributed by atoms with Crippen LogP contribution in [0.5, 0.6) is 0 Å². The van der Waals surface area contributed by atoms with Gasteiger partial charge in [-0.3, -0.25) is 4.90 Å². The summed E-state index contributed by atoms with van der Waals surface area (Å²) in [5.41, 5.74) is 10.7. The highest BCUT2D eigenvalue weighted by molar-refractivity contribution is 6.31. The van der Waals surface area contributed by atoms with Crippen molar-refractivity contribution in [1.29, 1.82) is 5.26 Å². The third kappa shape index (κ3) is 4.36. The zero-order valence-electron chi connectivity index (χ0n) is 17.4. The van der Waals surface area contributed by atoms with Crippen molar-refractivity contribution in [3.63, 3.8) is 0 Å². The summed E-state index contributed by atoms with van der Waals surface area (Å²) in [5.74, 6) is 0.495. The number of hydrogen-bond donors (Lipinski definition) is 1. The molecule has 2 aromatic carbocycles. The number of allylic oxidation sites excluding steroid dienone is 2. The average Bonchev–Trinajstić information content (AvgIpc) is 2.92. The van der Waals surface area contributed by atoms with Gasteiger partial charge >= 0.3 is 0 Å². The fourth-order valence-corrected chi connectivity index (χ4v) is 4.48. The third-order valence-corrected chi connectivity index (χ3v) is 6.19. The number of hydrogen-bond acceptors (Lipinski definition) is 4. The Kier molecular flexibility index (Phi) is 6.11. The Balaban J connectivity index is 1.90. The Morgan fingerprint density at radius 1 is 1.10 bits per heavy atom. The van der Waals surface area contributed by atoms with Gasteiger partial charge in [0.25, 0.3) is 0 Å².